The quantitative estimate of drug-likeness (QED) is 0.599. The van der Waals surface area contributed by atoms with E-state index in [2.05, 4.69) is 9.71 Å². The molecule has 3 aromatic carbocycles. The molecule has 0 saturated carbocycles. The summed E-state index contributed by atoms with van der Waals surface area (Å²) in [7, 11) is -3.81. The van der Waals surface area contributed by atoms with Gasteiger partial charge < -0.3 is 4.42 Å². The van der Waals surface area contributed by atoms with Crippen molar-refractivity contribution in [2.45, 2.75) is 4.90 Å². The van der Waals surface area contributed by atoms with E-state index in [1.54, 1.807) is 12.1 Å². The molecule has 0 atom stereocenters. The maximum atomic E-state index is 12.7. The molecule has 0 bridgehead atoms. The highest BCUT2D eigenvalue weighted by molar-refractivity contribution is 7.92. The van der Waals surface area contributed by atoms with Crippen LogP contribution in [0.3, 0.4) is 0 Å². The zero-order valence-electron chi connectivity index (χ0n) is 12.3. The zero-order chi connectivity index (χ0) is 16.7. The van der Waals surface area contributed by atoms with E-state index < -0.39 is 15.8 Å². The Balaban J connectivity index is 1.80. The van der Waals surface area contributed by atoms with E-state index in [4.69, 9.17) is 4.42 Å². The second-order valence-electron chi connectivity index (χ2n) is 5.30. The summed E-state index contributed by atoms with van der Waals surface area (Å²) in [4.78, 5) is 13.7. The largest absolute Gasteiger partial charge is 0.417 e. The lowest BCUT2D eigenvalue weighted by atomic mass is 10.1. The molecule has 7 heteroatoms. The van der Waals surface area contributed by atoms with Gasteiger partial charge in [0.1, 0.15) is 0 Å². The first kappa shape index (κ1) is 14.5. The zero-order valence-corrected chi connectivity index (χ0v) is 13.1. The van der Waals surface area contributed by atoms with Crippen molar-refractivity contribution in [1.29, 1.82) is 0 Å². The second-order valence-corrected chi connectivity index (χ2v) is 6.99. The van der Waals surface area contributed by atoms with Crippen LogP contribution in [0.15, 0.2) is 74.8 Å². The summed E-state index contributed by atoms with van der Waals surface area (Å²) < 4.78 is 32.8. The molecule has 0 unspecified atom stereocenters. The number of H-pyrrole nitrogens is 1. The Kier molecular flexibility index (Phi) is 3.17. The molecule has 0 amide bonds. The van der Waals surface area contributed by atoms with Gasteiger partial charge in [-0.2, -0.15) is 0 Å². The average molecular weight is 340 g/mol. The van der Waals surface area contributed by atoms with Crippen LogP contribution in [0.2, 0.25) is 0 Å². The number of benzene rings is 3. The standard InChI is InChI=1S/C17H12N2O4S/c20-17-18-15-9-8-12(10-16(15)23-17)24(21,22)19-14-7-3-5-11-4-1-2-6-13(11)14/h1-10,19H,(H,18,20). The Labute approximate surface area is 136 Å². The van der Waals surface area contributed by atoms with Crippen LogP contribution in [0.1, 0.15) is 0 Å². The van der Waals surface area contributed by atoms with E-state index in [9.17, 15) is 13.2 Å². The van der Waals surface area contributed by atoms with Crippen molar-refractivity contribution >= 4 is 37.6 Å². The SMILES string of the molecule is O=c1[nH]c2ccc(S(=O)(=O)Nc3cccc4ccccc34)cc2o1. The van der Waals surface area contributed by atoms with Crippen LogP contribution in [0.25, 0.3) is 21.9 Å². The Bertz CT molecular complexity index is 1220. The van der Waals surface area contributed by atoms with Gasteiger partial charge in [0.05, 0.1) is 16.1 Å². The van der Waals surface area contributed by atoms with Crippen molar-refractivity contribution in [3.8, 4) is 0 Å². The Morgan fingerprint density at radius 2 is 1.75 bits per heavy atom. The number of hydrogen-bond acceptors (Lipinski definition) is 4. The number of fused-ring (bicyclic) bond motifs is 2. The smallest absolute Gasteiger partial charge is 0.408 e. The van der Waals surface area contributed by atoms with Gasteiger partial charge in [-0.05, 0) is 23.6 Å². The molecule has 0 aliphatic rings. The van der Waals surface area contributed by atoms with Crippen LogP contribution in [-0.4, -0.2) is 13.4 Å². The van der Waals surface area contributed by atoms with Crippen LogP contribution in [0.4, 0.5) is 5.69 Å². The third-order valence-electron chi connectivity index (χ3n) is 3.74. The lowest BCUT2D eigenvalue weighted by Gasteiger charge is -2.10. The van der Waals surface area contributed by atoms with Crippen LogP contribution in [-0.2, 0) is 10.0 Å². The molecule has 1 heterocycles. The molecule has 2 N–H and O–H groups in total. The average Bonchev–Trinajstić information content (AvgIpc) is 2.94. The minimum atomic E-state index is -3.81. The number of sulfonamides is 1. The first-order chi connectivity index (χ1) is 11.5. The first-order valence-corrected chi connectivity index (χ1v) is 8.65. The maximum absolute atomic E-state index is 12.7. The predicted molar refractivity (Wildman–Crippen MR) is 91.6 cm³/mol. The highest BCUT2D eigenvalue weighted by Crippen LogP contribution is 2.26. The van der Waals surface area contributed by atoms with Gasteiger partial charge in [-0.25, -0.2) is 13.2 Å². The number of rotatable bonds is 3. The van der Waals surface area contributed by atoms with E-state index in [1.165, 1.54) is 18.2 Å². The fourth-order valence-electron chi connectivity index (χ4n) is 2.61. The fraction of sp³-hybridized carbons (Fsp3) is 0. The summed E-state index contributed by atoms with van der Waals surface area (Å²) in [5, 5.41) is 1.74. The minimum absolute atomic E-state index is 0.0192. The molecule has 0 saturated heterocycles. The monoisotopic (exact) mass is 340 g/mol. The number of anilines is 1. The number of aromatic amines is 1. The summed E-state index contributed by atoms with van der Waals surface area (Å²) in [5.74, 6) is -0.624. The number of hydrogen-bond donors (Lipinski definition) is 2. The van der Waals surface area contributed by atoms with Crippen LogP contribution in [0, 0.1) is 0 Å². The first-order valence-electron chi connectivity index (χ1n) is 7.16. The van der Waals surface area contributed by atoms with E-state index in [0.717, 1.165) is 10.8 Å². The molecule has 4 aromatic rings. The fourth-order valence-corrected chi connectivity index (χ4v) is 3.71. The topological polar surface area (TPSA) is 92.2 Å². The van der Waals surface area contributed by atoms with Gasteiger partial charge in [0.15, 0.2) is 5.58 Å². The van der Waals surface area contributed by atoms with E-state index in [-0.39, 0.29) is 10.5 Å². The lowest BCUT2D eigenvalue weighted by Crippen LogP contribution is -2.13. The summed E-state index contributed by atoms with van der Waals surface area (Å²) in [5.41, 5.74) is 1.13. The van der Waals surface area contributed by atoms with Crippen molar-refractivity contribution in [2.75, 3.05) is 4.72 Å². The van der Waals surface area contributed by atoms with E-state index in [0.29, 0.717) is 11.2 Å². The minimum Gasteiger partial charge on any atom is -0.408 e. The van der Waals surface area contributed by atoms with Gasteiger partial charge in [0, 0.05) is 11.5 Å². The number of nitrogens with one attached hydrogen (secondary N) is 2. The third-order valence-corrected chi connectivity index (χ3v) is 5.10. The number of aromatic nitrogens is 1. The summed E-state index contributed by atoms with van der Waals surface area (Å²) in [6.45, 7) is 0. The molecule has 0 spiro atoms. The van der Waals surface area contributed by atoms with Crippen molar-refractivity contribution < 1.29 is 12.8 Å². The van der Waals surface area contributed by atoms with Crippen molar-refractivity contribution in [3.63, 3.8) is 0 Å². The Morgan fingerprint density at radius 3 is 2.62 bits per heavy atom. The van der Waals surface area contributed by atoms with Gasteiger partial charge in [0.25, 0.3) is 10.0 Å². The Hall–Kier alpha value is -3.06. The molecule has 0 fully saturated rings. The van der Waals surface area contributed by atoms with Crippen molar-refractivity contribution in [2.24, 2.45) is 0 Å². The summed E-state index contributed by atoms with van der Waals surface area (Å²) in [6.07, 6.45) is 0. The molecule has 120 valence electrons. The van der Waals surface area contributed by atoms with Crippen LogP contribution in [0.5, 0.6) is 0 Å². The molecule has 24 heavy (non-hydrogen) atoms. The molecule has 4 rings (SSSR count). The van der Waals surface area contributed by atoms with E-state index in [1.807, 2.05) is 30.3 Å². The highest BCUT2D eigenvalue weighted by atomic mass is 32.2. The maximum Gasteiger partial charge on any atom is 0.417 e. The van der Waals surface area contributed by atoms with Crippen LogP contribution >= 0.6 is 0 Å². The summed E-state index contributed by atoms with van der Waals surface area (Å²) in [6, 6.07) is 17.1. The van der Waals surface area contributed by atoms with Gasteiger partial charge in [-0.1, -0.05) is 36.4 Å². The number of oxazole rings is 1. The second kappa shape index (κ2) is 5.24. The Morgan fingerprint density at radius 1 is 0.958 bits per heavy atom. The van der Waals surface area contributed by atoms with Gasteiger partial charge in [0.2, 0.25) is 0 Å². The summed E-state index contributed by atoms with van der Waals surface area (Å²) >= 11 is 0. The van der Waals surface area contributed by atoms with Gasteiger partial charge >= 0.3 is 5.76 Å². The predicted octanol–water partition coefficient (Wildman–Crippen LogP) is 3.08. The molecule has 0 aliphatic carbocycles. The highest BCUT2D eigenvalue weighted by Gasteiger charge is 2.17. The van der Waals surface area contributed by atoms with E-state index >= 15 is 0 Å². The molecule has 0 radical (unpaired) electrons. The van der Waals surface area contributed by atoms with Crippen molar-refractivity contribution in [3.05, 3.63) is 71.2 Å². The van der Waals surface area contributed by atoms with Crippen LogP contribution < -0.4 is 10.5 Å². The molecular formula is C17H12N2O4S. The molecule has 1 aromatic heterocycles. The van der Waals surface area contributed by atoms with Gasteiger partial charge in [-0.3, -0.25) is 9.71 Å². The van der Waals surface area contributed by atoms with Crippen molar-refractivity contribution in [1.82, 2.24) is 4.98 Å². The van der Waals surface area contributed by atoms with Gasteiger partial charge in [-0.15, -0.1) is 0 Å². The third kappa shape index (κ3) is 2.44. The molecular weight excluding hydrogens is 328 g/mol. The molecule has 6 nitrogen and oxygen atoms in total. The molecule has 0 aliphatic heterocycles. The lowest BCUT2D eigenvalue weighted by molar-refractivity contribution is 0.554. The normalized spacial score (nSPS) is 11.8.